The number of aryl methyl sites for hydroxylation is 1. The number of aromatic nitrogens is 4. The summed E-state index contributed by atoms with van der Waals surface area (Å²) in [5, 5.41) is 11.1. The molecule has 0 bridgehead atoms. The highest BCUT2D eigenvalue weighted by Crippen LogP contribution is 2.33. The molecule has 0 aliphatic heterocycles. The molecule has 2 aromatic carbocycles. The van der Waals surface area contributed by atoms with Gasteiger partial charge in [-0.25, -0.2) is 4.68 Å². The summed E-state index contributed by atoms with van der Waals surface area (Å²) >= 11 is 0. The Balaban J connectivity index is 1.42. The number of rotatable bonds is 5. The van der Waals surface area contributed by atoms with Gasteiger partial charge in [-0.3, -0.25) is 4.79 Å². The fraction of sp³-hybridized carbons (Fsp3) is 0.300. The van der Waals surface area contributed by atoms with E-state index in [-0.39, 0.29) is 18.6 Å². The molecule has 27 heavy (non-hydrogen) atoms. The fourth-order valence-electron chi connectivity index (χ4n) is 3.55. The van der Waals surface area contributed by atoms with Gasteiger partial charge in [0.2, 0.25) is 0 Å². The summed E-state index contributed by atoms with van der Waals surface area (Å²) in [7, 11) is 1.86. The zero-order valence-corrected chi connectivity index (χ0v) is 15.2. The average molecular weight is 363 g/mol. The minimum Gasteiger partial charge on any atom is -0.484 e. The van der Waals surface area contributed by atoms with Crippen LogP contribution in [0.25, 0.3) is 5.69 Å². The van der Waals surface area contributed by atoms with Crippen molar-refractivity contribution in [3.8, 4) is 11.4 Å². The largest absolute Gasteiger partial charge is 0.484 e. The van der Waals surface area contributed by atoms with Crippen LogP contribution in [0.2, 0.25) is 0 Å². The molecule has 3 aromatic rings. The molecule has 1 aromatic heterocycles. The Morgan fingerprint density at radius 1 is 1.26 bits per heavy atom. The van der Waals surface area contributed by atoms with Crippen molar-refractivity contribution in [2.45, 2.75) is 25.3 Å². The van der Waals surface area contributed by atoms with Crippen LogP contribution in [-0.2, 0) is 11.2 Å². The van der Waals surface area contributed by atoms with Gasteiger partial charge in [-0.2, -0.15) is 0 Å². The number of benzene rings is 2. The summed E-state index contributed by atoms with van der Waals surface area (Å²) in [6, 6.07) is 15.8. The van der Waals surface area contributed by atoms with E-state index in [1.54, 1.807) is 10.7 Å². The number of carbonyl (C=O) groups is 1. The van der Waals surface area contributed by atoms with Gasteiger partial charge in [0.1, 0.15) is 12.1 Å². The summed E-state index contributed by atoms with van der Waals surface area (Å²) in [6.45, 7) is -0.00573. The maximum atomic E-state index is 12.7. The van der Waals surface area contributed by atoms with E-state index in [1.807, 2.05) is 36.2 Å². The Hall–Kier alpha value is -3.22. The van der Waals surface area contributed by atoms with Crippen LogP contribution in [-0.4, -0.2) is 44.7 Å². The minimum absolute atomic E-state index is 0.00573. The van der Waals surface area contributed by atoms with Gasteiger partial charge in [0.05, 0.1) is 11.7 Å². The van der Waals surface area contributed by atoms with E-state index in [4.69, 9.17) is 4.74 Å². The molecule has 0 saturated heterocycles. The van der Waals surface area contributed by atoms with Gasteiger partial charge < -0.3 is 9.64 Å². The van der Waals surface area contributed by atoms with E-state index in [0.29, 0.717) is 5.75 Å². The SMILES string of the molecule is CN(C(=O)COc1cccc(-n2cnnn2)c1)[C@H]1CCCc2ccccc21. The number of nitrogens with zero attached hydrogens (tertiary/aromatic N) is 5. The van der Waals surface area contributed by atoms with Crippen molar-refractivity contribution >= 4 is 5.91 Å². The third kappa shape index (κ3) is 3.67. The summed E-state index contributed by atoms with van der Waals surface area (Å²) < 4.78 is 7.27. The second-order valence-electron chi connectivity index (χ2n) is 6.65. The molecule has 0 radical (unpaired) electrons. The third-order valence-electron chi connectivity index (χ3n) is 4.99. The van der Waals surface area contributed by atoms with Crippen molar-refractivity contribution in [1.82, 2.24) is 25.1 Å². The van der Waals surface area contributed by atoms with Gasteiger partial charge in [-0.05, 0) is 52.9 Å². The van der Waals surface area contributed by atoms with E-state index < -0.39 is 0 Å². The van der Waals surface area contributed by atoms with Crippen LogP contribution in [0.3, 0.4) is 0 Å². The zero-order chi connectivity index (χ0) is 18.6. The number of hydrogen-bond donors (Lipinski definition) is 0. The molecular weight excluding hydrogens is 342 g/mol. The predicted molar refractivity (Wildman–Crippen MR) is 99.5 cm³/mol. The molecular formula is C20H21N5O2. The lowest BCUT2D eigenvalue weighted by Gasteiger charge is -2.33. The highest BCUT2D eigenvalue weighted by Gasteiger charge is 2.26. The van der Waals surface area contributed by atoms with E-state index in [9.17, 15) is 4.79 Å². The van der Waals surface area contributed by atoms with Crippen LogP contribution in [0.5, 0.6) is 5.75 Å². The highest BCUT2D eigenvalue weighted by molar-refractivity contribution is 5.78. The first kappa shape index (κ1) is 17.2. The Morgan fingerprint density at radius 3 is 3.00 bits per heavy atom. The number of ether oxygens (including phenoxy) is 1. The summed E-state index contributed by atoms with van der Waals surface area (Å²) in [5.41, 5.74) is 3.36. The normalized spacial score (nSPS) is 15.8. The van der Waals surface area contributed by atoms with Crippen molar-refractivity contribution in [3.63, 3.8) is 0 Å². The van der Waals surface area contributed by atoms with Gasteiger partial charge >= 0.3 is 0 Å². The van der Waals surface area contributed by atoms with Crippen LogP contribution >= 0.6 is 0 Å². The summed E-state index contributed by atoms with van der Waals surface area (Å²) in [6.07, 6.45) is 4.66. The lowest BCUT2D eigenvalue weighted by atomic mass is 9.87. The topological polar surface area (TPSA) is 73.1 Å². The van der Waals surface area contributed by atoms with Gasteiger partial charge in [0.25, 0.3) is 5.91 Å². The van der Waals surface area contributed by atoms with E-state index in [0.717, 1.165) is 24.9 Å². The first-order valence-electron chi connectivity index (χ1n) is 9.02. The lowest BCUT2D eigenvalue weighted by Crippen LogP contribution is -2.36. The van der Waals surface area contributed by atoms with Crippen LogP contribution in [0.4, 0.5) is 0 Å². The second-order valence-corrected chi connectivity index (χ2v) is 6.65. The van der Waals surface area contributed by atoms with Crippen molar-refractivity contribution in [3.05, 3.63) is 66.0 Å². The average Bonchev–Trinajstić information content (AvgIpc) is 3.26. The first-order valence-corrected chi connectivity index (χ1v) is 9.02. The van der Waals surface area contributed by atoms with Crippen LogP contribution in [0.15, 0.2) is 54.9 Å². The predicted octanol–water partition coefficient (Wildman–Crippen LogP) is 2.58. The number of tetrazole rings is 1. The molecule has 138 valence electrons. The summed E-state index contributed by atoms with van der Waals surface area (Å²) in [4.78, 5) is 14.5. The van der Waals surface area contributed by atoms with Crippen molar-refractivity contribution in [2.24, 2.45) is 0 Å². The summed E-state index contributed by atoms with van der Waals surface area (Å²) in [5.74, 6) is 0.568. The van der Waals surface area contributed by atoms with Crippen molar-refractivity contribution < 1.29 is 9.53 Å². The molecule has 1 aliphatic rings. The molecule has 1 aliphatic carbocycles. The number of likely N-dealkylation sites (N-methyl/N-ethyl adjacent to an activating group) is 1. The zero-order valence-electron chi connectivity index (χ0n) is 15.2. The standard InChI is InChI=1S/C20H21N5O2/c1-24(19-11-4-7-15-6-2-3-10-18(15)19)20(26)13-27-17-9-5-8-16(12-17)25-14-21-22-23-25/h2-3,5-6,8-10,12,14,19H,4,7,11,13H2,1H3/t19-/m0/s1. The molecule has 0 saturated carbocycles. The van der Waals surface area contributed by atoms with E-state index in [2.05, 4.69) is 33.7 Å². The molecule has 0 spiro atoms. The maximum absolute atomic E-state index is 12.7. The quantitative estimate of drug-likeness (QED) is 0.697. The van der Waals surface area contributed by atoms with E-state index in [1.165, 1.54) is 17.5 Å². The monoisotopic (exact) mass is 363 g/mol. The Bertz CT molecular complexity index is 926. The molecule has 1 atom stereocenters. The number of fused-ring (bicyclic) bond motifs is 1. The molecule has 7 heteroatoms. The Labute approximate surface area is 157 Å². The van der Waals surface area contributed by atoms with E-state index >= 15 is 0 Å². The van der Waals surface area contributed by atoms with Gasteiger partial charge in [-0.15, -0.1) is 5.10 Å². The fourth-order valence-corrected chi connectivity index (χ4v) is 3.55. The van der Waals surface area contributed by atoms with Gasteiger partial charge in [0.15, 0.2) is 6.61 Å². The third-order valence-corrected chi connectivity index (χ3v) is 4.99. The number of carbonyl (C=O) groups excluding carboxylic acids is 1. The second kappa shape index (κ2) is 7.57. The molecule has 0 unspecified atom stereocenters. The van der Waals surface area contributed by atoms with Gasteiger partial charge in [0, 0.05) is 13.1 Å². The molecule has 0 fully saturated rings. The lowest BCUT2D eigenvalue weighted by molar-refractivity contribution is -0.134. The number of hydrogen-bond acceptors (Lipinski definition) is 5. The van der Waals surface area contributed by atoms with Crippen LogP contribution in [0.1, 0.15) is 30.0 Å². The molecule has 0 N–H and O–H groups in total. The Morgan fingerprint density at radius 2 is 2.15 bits per heavy atom. The van der Waals surface area contributed by atoms with Crippen molar-refractivity contribution in [2.75, 3.05) is 13.7 Å². The molecule has 1 amide bonds. The number of amides is 1. The van der Waals surface area contributed by atoms with Crippen LogP contribution < -0.4 is 4.74 Å². The molecule has 7 nitrogen and oxygen atoms in total. The minimum atomic E-state index is -0.0375. The first-order chi connectivity index (χ1) is 13.2. The van der Waals surface area contributed by atoms with Crippen molar-refractivity contribution in [1.29, 1.82) is 0 Å². The van der Waals surface area contributed by atoms with Gasteiger partial charge in [-0.1, -0.05) is 30.3 Å². The Kier molecular flexibility index (Phi) is 4.82. The highest BCUT2D eigenvalue weighted by atomic mass is 16.5. The maximum Gasteiger partial charge on any atom is 0.260 e. The molecule has 4 rings (SSSR count). The molecule has 1 heterocycles. The smallest absolute Gasteiger partial charge is 0.260 e. The van der Waals surface area contributed by atoms with Crippen LogP contribution in [0, 0.1) is 0 Å².